The number of anilines is 2. The van der Waals surface area contributed by atoms with Gasteiger partial charge < -0.3 is 10.1 Å². The maximum atomic E-state index is 13.4. The van der Waals surface area contributed by atoms with Gasteiger partial charge in [0.2, 0.25) is 5.91 Å². The number of nitrogens with one attached hydrogen (secondary N) is 1. The number of amides is 1. The number of halogens is 1. The number of hydrogen-bond acceptors (Lipinski definition) is 4. The van der Waals surface area contributed by atoms with E-state index in [2.05, 4.69) is 5.32 Å². The first kappa shape index (κ1) is 24.3. The van der Waals surface area contributed by atoms with Crippen molar-refractivity contribution in [1.82, 2.24) is 0 Å². The Morgan fingerprint density at radius 1 is 0.857 bits per heavy atom. The Morgan fingerprint density at radius 3 is 2.09 bits per heavy atom. The molecule has 0 spiro atoms. The van der Waals surface area contributed by atoms with Gasteiger partial charge in [0.25, 0.3) is 10.0 Å². The zero-order valence-corrected chi connectivity index (χ0v) is 20.5. The highest BCUT2D eigenvalue weighted by atomic mass is 35.5. The number of sulfonamides is 1. The first-order valence-electron chi connectivity index (χ1n) is 10.8. The molecule has 35 heavy (non-hydrogen) atoms. The van der Waals surface area contributed by atoms with Gasteiger partial charge in [0.05, 0.1) is 10.6 Å². The molecule has 8 heteroatoms. The lowest BCUT2D eigenvalue weighted by molar-refractivity contribution is -0.114. The molecule has 0 aliphatic carbocycles. The predicted molar refractivity (Wildman–Crippen MR) is 139 cm³/mol. The third kappa shape index (κ3) is 6.01. The van der Waals surface area contributed by atoms with Crippen molar-refractivity contribution >= 4 is 38.9 Å². The Labute approximate surface area is 209 Å². The molecule has 1 N–H and O–H groups in total. The summed E-state index contributed by atoms with van der Waals surface area (Å²) in [5.74, 6) is 0.803. The lowest BCUT2D eigenvalue weighted by atomic mass is 10.2. The van der Waals surface area contributed by atoms with Crippen LogP contribution in [0, 0.1) is 6.92 Å². The van der Waals surface area contributed by atoms with Gasteiger partial charge in [-0.2, -0.15) is 0 Å². The van der Waals surface area contributed by atoms with Crippen molar-refractivity contribution in [2.45, 2.75) is 11.8 Å². The summed E-state index contributed by atoms with van der Waals surface area (Å²) < 4.78 is 33.7. The summed E-state index contributed by atoms with van der Waals surface area (Å²) in [6, 6.07) is 29.0. The second-order valence-corrected chi connectivity index (χ2v) is 10.0. The number of ether oxygens (including phenoxy) is 1. The van der Waals surface area contributed by atoms with Crippen LogP contribution in [0.4, 0.5) is 11.4 Å². The Kier molecular flexibility index (Phi) is 7.39. The molecule has 0 radical (unpaired) electrons. The van der Waals surface area contributed by atoms with E-state index in [1.807, 2.05) is 37.3 Å². The van der Waals surface area contributed by atoms with E-state index in [4.69, 9.17) is 16.3 Å². The van der Waals surface area contributed by atoms with Crippen molar-refractivity contribution in [2.75, 3.05) is 16.2 Å². The van der Waals surface area contributed by atoms with Gasteiger partial charge in [-0.25, -0.2) is 8.42 Å². The molecule has 178 valence electrons. The van der Waals surface area contributed by atoms with E-state index in [0.29, 0.717) is 27.9 Å². The van der Waals surface area contributed by atoms with E-state index < -0.39 is 22.5 Å². The summed E-state index contributed by atoms with van der Waals surface area (Å²) in [6.45, 7) is 1.39. The Hall–Kier alpha value is -3.81. The van der Waals surface area contributed by atoms with Crippen LogP contribution in [0.25, 0.3) is 0 Å². The zero-order valence-electron chi connectivity index (χ0n) is 18.9. The van der Waals surface area contributed by atoms with E-state index in [0.717, 1.165) is 9.87 Å². The molecule has 0 atom stereocenters. The lowest BCUT2D eigenvalue weighted by Crippen LogP contribution is -2.38. The Morgan fingerprint density at radius 2 is 1.46 bits per heavy atom. The highest BCUT2D eigenvalue weighted by Crippen LogP contribution is 2.28. The topological polar surface area (TPSA) is 75.7 Å². The molecule has 0 unspecified atom stereocenters. The number of aryl methyl sites for hydroxylation is 1. The highest BCUT2D eigenvalue weighted by Gasteiger charge is 2.27. The molecule has 0 aliphatic heterocycles. The molecule has 0 saturated carbocycles. The Bertz CT molecular complexity index is 1410. The van der Waals surface area contributed by atoms with Gasteiger partial charge in [0.1, 0.15) is 18.0 Å². The summed E-state index contributed by atoms with van der Waals surface area (Å²) in [5, 5.41) is 3.16. The predicted octanol–water partition coefficient (Wildman–Crippen LogP) is 6.27. The first-order chi connectivity index (χ1) is 16.8. The van der Waals surface area contributed by atoms with Crippen molar-refractivity contribution in [2.24, 2.45) is 0 Å². The largest absolute Gasteiger partial charge is 0.457 e. The molecule has 0 aromatic heterocycles. The van der Waals surface area contributed by atoms with Crippen molar-refractivity contribution in [1.29, 1.82) is 0 Å². The van der Waals surface area contributed by atoms with Gasteiger partial charge >= 0.3 is 0 Å². The molecule has 0 fully saturated rings. The van der Waals surface area contributed by atoms with Gasteiger partial charge in [-0.15, -0.1) is 0 Å². The molecular formula is C27H23ClN2O4S. The summed E-state index contributed by atoms with van der Waals surface area (Å²) in [7, 11) is -4.02. The minimum Gasteiger partial charge on any atom is -0.457 e. The van der Waals surface area contributed by atoms with Crippen molar-refractivity contribution in [3.63, 3.8) is 0 Å². The molecular weight excluding hydrogens is 484 g/mol. The van der Waals surface area contributed by atoms with Gasteiger partial charge in [-0.1, -0.05) is 54.1 Å². The van der Waals surface area contributed by atoms with Crippen LogP contribution in [0.2, 0.25) is 5.02 Å². The van der Waals surface area contributed by atoms with E-state index in [9.17, 15) is 13.2 Å². The molecule has 0 aliphatic rings. The minimum atomic E-state index is -4.02. The Balaban J connectivity index is 1.54. The van der Waals surface area contributed by atoms with E-state index in [1.54, 1.807) is 60.7 Å². The number of carbonyl (C=O) groups is 1. The van der Waals surface area contributed by atoms with Crippen LogP contribution in [0.5, 0.6) is 11.5 Å². The zero-order chi connectivity index (χ0) is 24.8. The van der Waals surface area contributed by atoms with Gasteiger partial charge in [0.15, 0.2) is 0 Å². The lowest BCUT2D eigenvalue weighted by Gasteiger charge is -2.24. The number of nitrogens with zero attached hydrogens (tertiary/aromatic N) is 1. The molecule has 0 heterocycles. The van der Waals surface area contributed by atoms with Gasteiger partial charge in [0, 0.05) is 10.7 Å². The molecule has 0 saturated heterocycles. The van der Waals surface area contributed by atoms with Crippen LogP contribution in [-0.2, 0) is 14.8 Å². The smallest absolute Gasteiger partial charge is 0.264 e. The van der Waals surface area contributed by atoms with Gasteiger partial charge in [-0.3, -0.25) is 9.10 Å². The van der Waals surface area contributed by atoms with Crippen molar-refractivity contribution < 1.29 is 17.9 Å². The second kappa shape index (κ2) is 10.6. The normalized spacial score (nSPS) is 11.0. The van der Waals surface area contributed by atoms with Crippen molar-refractivity contribution in [3.05, 3.63) is 114 Å². The summed E-state index contributed by atoms with van der Waals surface area (Å²) in [5.41, 5.74) is 1.61. The van der Waals surface area contributed by atoms with Crippen LogP contribution < -0.4 is 14.4 Å². The summed E-state index contributed by atoms with van der Waals surface area (Å²) in [6.07, 6.45) is 0. The average molecular weight is 507 g/mol. The highest BCUT2D eigenvalue weighted by molar-refractivity contribution is 7.92. The fourth-order valence-electron chi connectivity index (χ4n) is 3.33. The van der Waals surface area contributed by atoms with E-state index >= 15 is 0 Å². The monoisotopic (exact) mass is 506 g/mol. The standard InChI is InChI=1S/C27H23ClN2O4S/c1-20-12-15-22(18-26(20)28)30(35(32,33)25-10-6-3-7-11-25)19-27(31)29-21-13-16-24(17-14-21)34-23-8-4-2-5-9-23/h2-18H,19H2,1H3,(H,29,31). The van der Waals surface area contributed by atoms with Crippen LogP contribution in [0.3, 0.4) is 0 Å². The fourth-order valence-corrected chi connectivity index (χ4v) is 4.94. The first-order valence-corrected chi connectivity index (χ1v) is 12.6. The number of para-hydroxylation sites is 1. The fraction of sp³-hybridized carbons (Fsp3) is 0.0741. The number of benzene rings is 4. The van der Waals surface area contributed by atoms with Crippen LogP contribution >= 0.6 is 11.6 Å². The number of hydrogen-bond donors (Lipinski definition) is 1. The van der Waals surface area contributed by atoms with E-state index in [1.165, 1.54) is 12.1 Å². The third-order valence-electron chi connectivity index (χ3n) is 5.18. The average Bonchev–Trinajstić information content (AvgIpc) is 2.87. The molecule has 4 aromatic rings. The van der Waals surface area contributed by atoms with Crippen molar-refractivity contribution in [3.8, 4) is 11.5 Å². The third-order valence-corrected chi connectivity index (χ3v) is 7.37. The van der Waals surface area contributed by atoms with E-state index in [-0.39, 0.29) is 4.90 Å². The van der Waals surface area contributed by atoms with Gasteiger partial charge in [-0.05, 0) is 73.2 Å². The molecule has 1 amide bonds. The van der Waals surface area contributed by atoms with Crippen LogP contribution in [0.1, 0.15) is 5.56 Å². The second-order valence-electron chi connectivity index (χ2n) is 7.75. The summed E-state index contributed by atoms with van der Waals surface area (Å²) in [4.78, 5) is 13.0. The molecule has 4 aromatic carbocycles. The summed E-state index contributed by atoms with van der Waals surface area (Å²) >= 11 is 6.26. The SMILES string of the molecule is Cc1ccc(N(CC(=O)Nc2ccc(Oc3ccccc3)cc2)S(=O)(=O)c2ccccc2)cc1Cl. The van der Waals surface area contributed by atoms with Crippen LogP contribution in [0.15, 0.2) is 108 Å². The maximum absolute atomic E-state index is 13.4. The minimum absolute atomic E-state index is 0.0758. The molecule has 4 rings (SSSR count). The number of rotatable bonds is 8. The van der Waals surface area contributed by atoms with Crippen LogP contribution in [-0.4, -0.2) is 20.9 Å². The molecule has 0 bridgehead atoms. The molecule has 6 nitrogen and oxygen atoms in total. The quantitative estimate of drug-likeness (QED) is 0.305. The number of carbonyl (C=O) groups excluding carboxylic acids is 1. The maximum Gasteiger partial charge on any atom is 0.264 e.